The molecule has 0 bridgehead atoms. The SMILES string of the molecule is Cl.NCC1(Oc2ccccc2)CC1. The lowest BCUT2D eigenvalue weighted by Crippen LogP contribution is -2.28. The first-order valence-electron chi connectivity index (χ1n) is 4.29. The summed E-state index contributed by atoms with van der Waals surface area (Å²) < 4.78 is 5.74. The Kier molecular flexibility index (Phi) is 3.17. The third-order valence-electron chi connectivity index (χ3n) is 2.26. The molecule has 1 aliphatic carbocycles. The molecule has 13 heavy (non-hydrogen) atoms. The zero-order valence-corrected chi connectivity index (χ0v) is 8.22. The van der Waals surface area contributed by atoms with E-state index >= 15 is 0 Å². The van der Waals surface area contributed by atoms with Gasteiger partial charge in [0, 0.05) is 6.54 Å². The van der Waals surface area contributed by atoms with Gasteiger partial charge in [0.2, 0.25) is 0 Å². The van der Waals surface area contributed by atoms with Crippen LogP contribution in [0.4, 0.5) is 0 Å². The fraction of sp³-hybridized carbons (Fsp3) is 0.400. The van der Waals surface area contributed by atoms with Gasteiger partial charge < -0.3 is 10.5 Å². The highest BCUT2D eigenvalue weighted by atomic mass is 35.5. The molecule has 1 aromatic carbocycles. The standard InChI is InChI=1S/C10H13NO.ClH/c11-8-10(6-7-10)12-9-4-2-1-3-5-9;/h1-5H,6-8,11H2;1H. The minimum absolute atomic E-state index is 0. The Morgan fingerprint density at radius 1 is 1.23 bits per heavy atom. The van der Waals surface area contributed by atoms with E-state index in [0.29, 0.717) is 6.54 Å². The number of benzene rings is 1. The number of rotatable bonds is 3. The quantitative estimate of drug-likeness (QED) is 0.808. The van der Waals surface area contributed by atoms with Gasteiger partial charge in [0.05, 0.1) is 0 Å². The number of ether oxygens (including phenoxy) is 1. The molecule has 1 aliphatic rings. The predicted octanol–water partition coefficient (Wildman–Crippen LogP) is 1.98. The zero-order valence-electron chi connectivity index (χ0n) is 7.40. The molecule has 0 unspecified atom stereocenters. The van der Waals surface area contributed by atoms with Crippen molar-refractivity contribution < 1.29 is 4.74 Å². The third-order valence-corrected chi connectivity index (χ3v) is 2.26. The molecule has 0 aliphatic heterocycles. The fourth-order valence-electron chi connectivity index (χ4n) is 1.23. The van der Waals surface area contributed by atoms with Gasteiger partial charge in [-0.05, 0) is 25.0 Å². The van der Waals surface area contributed by atoms with Crippen molar-refractivity contribution in [1.29, 1.82) is 0 Å². The molecule has 0 radical (unpaired) electrons. The summed E-state index contributed by atoms with van der Waals surface area (Å²) in [7, 11) is 0. The van der Waals surface area contributed by atoms with Gasteiger partial charge in [-0.1, -0.05) is 18.2 Å². The summed E-state index contributed by atoms with van der Waals surface area (Å²) in [6.45, 7) is 0.627. The van der Waals surface area contributed by atoms with Crippen molar-refractivity contribution in [1.82, 2.24) is 0 Å². The van der Waals surface area contributed by atoms with Crippen LogP contribution in [0.3, 0.4) is 0 Å². The lowest BCUT2D eigenvalue weighted by atomic mass is 10.3. The molecule has 3 heteroatoms. The Balaban J connectivity index is 0.000000845. The highest BCUT2D eigenvalue weighted by Gasteiger charge is 2.44. The maximum Gasteiger partial charge on any atom is 0.121 e. The van der Waals surface area contributed by atoms with Crippen LogP contribution in [0.2, 0.25) is 0 Å². The molecule has 0 aromatic heterocycles. The van der Waals surface area contributed by atoms with Gasteiger partial charge in [0.15, 0.2) is 0 Å². The molecule has 2 rings (SSSR count). The average molecular weight is 200 g/mol. The highest BCUT2D eigenvalue weighted by Crippen LogP contribution is 2.38. The molecule has 0 amide bonds. The van der Waals surface area contributed by atoms with Crippen molar-refractivity contribution in [3.05, 3.63) is 30.3 Å². The van der Waals surface area contributed by atoms with E-state index in [1.165, 1.54) is 0 Å². The fourth-order valence-corrected chi connectivity index (χ4v) is 1.23. The molecule has 1 aromatic rings. The topological polar surface area (TPSA) is 35.2 Å². The van der Waals surface area contributed by atoms with E-state index in [2.05, 4.69) is 0 Å². The number of halogens is 1. The van der Waals surface area contributed by atoms with Crippen molar-refractivity contribution in [3.8, 4) is 5.75 Å². The Morgan fingerprint density at radius 3 is 2.31 bits per heavy atom. The van der Waals surface area contributed by atoms with Crippen LogP contribution in [0.5, 0.6) is 5.75 Å². The summed E-state index contributed by atoms with van der Waals surface area (Å²) in [5, 5.41) is 0. The molecular weight excluding hydrogens is 186 g/mol. The molecule has 0 heterocycles. The molecule has 0 saturated heterocycles. The molecule has 72 valence electrons. The summed E-state index contributed by atoms with van der Waals surface area (Å²) in [5.74, 6) is 0.931. The first kappa shape index (κ1) is 10.4. The summed E-state index contributed by atoms with van der Waals surface area (Å²) in [6, 6.07) is 9.87. The normalized spacial score (nSPS) is 17.3. The molecule has 0 spiro atoms. The van der Waals surface area contributed by atoms with E-state index in [-0.39, 0.29) is 18.0 Å². The minimum Gasteiger partial charge on any atom is -0.486 e. The van der Waals surface area contributed by atoms with Gasteiger partial charge in [0.1, 0.15) is 11.4 Å². The predicted molar refractivity (Wildman–Crippen MR) is 55.3 cm³/mol. The summed E-state index contributed by atoms with van der Waals surface area (Å²) in [5.41, 5.74) is 5.57. The van der Waals surface area contributed by atoms with E-state index in [4.69, 9.17) is 10.5 Å². The van der Waals surface area contributed by atoms with E-state index in [1.54, 1.807) is 0 Å². The van der Waals surface area contributed by atoms with Gasteiger partial charge in [-0.15, -0.1) is 12.4 Å². The first-order valence-corrected chi connectivity index (χ1v) is 4.29. The van der Waals surface area contributed by atoms with Crippen LogP contribution < -0.4 is 10.5 Å². The van der Waals surface area contributed by atoms with Crippen molar-refractivity contribution in [3.63, 3.8) is 0 Å². The molecule has 0 atom stereocenters. The molecule has 2 N–H and O–H groups in total. The van der Waals surface area contributed by atoms with Gasteiger partial charge in [-0.3, -0.25) is 0 Å². The maximum atomic E-state index is 5.74. The number of hydrogen-bond donors (Lipinski definition) is 1. The number of hydrogen-bond acceptors (Lipinski definition) is 2. The summed E-state index contributed by atoms with van der Waals surface area (Å²) >= 11 is 0. The van der Waals surface area contributed by atoms with E-state index < -0.39 is 0 Å². The summed E-state index contributed by atoms with van der Waals surface area (Å²) in [4.78, 5) is 0. The van der Waals surface area contributed by atoms with Crippen LogP contribution in [0.15, 0.2) is 30.3 Å². The zero-order chi connectivity index (χ0) is 8.44. The monoisotopic (exact) mass is 199 g/mol. The Morgan fingerprint density at radius 2 is 1.85 bits per heavy atom. The maximum absolute atomic E-state index is 5.74. The Hall–Kier alpha value is -0.730. The Bertz CT molecular complexity index is 259. The molecule has 2 nitrogen and oxygen atoms in total. The first-order chi connectivity index (χ1) is 5.85. The van der Waals surface area contributed by atoms with Crippen molar-refractivity contribution in [2.75, 3.05) is 6.54 Å². The van der Waals surface area contributed by atoms with Crippen molar-refractivity contribution >= 4 is 12.4 Å². The highest BCUT2D eigenvalue weighted by molar-refractivity contribution is 5.85. The third kappa shape index (κ3) is 2.36. The lowest BCUT2D eigenvalue weighted by Gasteiger charge is -2.15. The van der Waals surface area contributed by atoms with Crippen LogP contribution in [-0.2, 0) is 0 Å². The van der Waals surface area contributed by atoms with E-state index in [1.807, 2.05) is 30.3 Å². The van der Waals surface area contributed by atoms with E-state index in [9.17, 15) is 0 Å². The van der Waals surface area contributed by atoms with Crippen LogP contribution in [0, 0.1) is 0 Å². The lowest BCUT2D eigenvalue weighted by molar-refractivity contribution is 0.187. The smallest absolute Gasteiger partial charge is 0.121 e. The van der Waals surface area contributed by atoms with Gasteiger partial charge in [0.25, 0.3) is 0 Å². The van der Waals surface area contributed by atoms with Gasteiger partial charge in [-0.2, -0.15) is 0 Å². The molecule has 1 fully saturated rings. The second-order valence-corrected chi connectivity index (χ2v) is 3.30. The minimum atomic E-state index is -0.0264. The second kappa shape index (κ2) is 3.99. The van der Waals surface area contributed by atoms with Crippen molar-refractivity contribution in [2.24, 2.45) is 5.73 Å². The average Bonchev–Trinajstić information content (AvgIpc) is 2.88. The van der Waals surface area contributed by atoms with Crippen LogP contribution >= 0.6 is 12.4 Å². The molecular formula is C10H14ClNO. The van der Waals surface area contributed by atoms with Crippen LogP contribution in [0.25, 0.3) is 0 Å². The van der Waals surface area contributed by atoms with Crippen molar-refractivity contribution in [2.45, 2.75) is 18.4 Å². The Labute approximate surface area is 84.5 Å². The second-order valence-electron chi connectivity index (χ2n) is 3.30. The van der Waals surface area contributed by atoms with Crippen LogP contribution in [-0.4, -0.2) is 12.1 Å². The van der Waals surface area contributed by atoms with Gasteiger partial charge in [-0.25, -0.2) is 0 Å². The largest absolute Gasteiger partial charge is 0.486 e. The summed E-state index contributed by atoms with van der Waals surface area (Å²) in [6.07, 6.45) is 2.19. The van der Waals surface area contributed by atoms with Gasteiger partial charge >= 0.3 is 0 Å². The number of para-hydroxylation sites is 1. The molecule has 1 saturated carbocycles. The van der Waals surface area contributed by atoms with Crippen LogP contribution in [0.1, 0.15) is 12.8 Å². The van der Waals surface area contributed by atoms with E-state index in [0.717, 1.165) is 18.6 Å². The number of nitrogens with two attached hydrogens (primary N) is 1.